The fraction of sp³-hybridized carbons (Fsp3) is 0.462. The van der Waals surface area contributed by atoms with Gasteiger partial charge in [0, 0.05) is 13.1 Å². The fourth-order valence-corrected chi connectivity index (χ4v) is 2.10. The van der Waals surface area contributed by atoms with Gasteiger partial charge in [-0.05, 0) is 30.2 Å². The highest BCUT2D eigenvalue weighted by molar-refractivity contribution is 5.79. The third-order valence-corrected chi connectivity index (χ3v) is 3.26. The van der Waals surface area contributed by atoms with E-state index in [0.29, 0.717) is 12.5 Å². The molecule has 1 aliphatic heterocycles. The van der Waals surface area contributed by atoms with Gasteiger partial charge in [0.15, 0.2) is 0 Å². The third-order valence-electron chi connectivity index (χ3n) is 3.26. The van der Waals surface area contributed by atoms with Crippen molar-refractivity contribution in [3.63, 3.8) is 0 Å². The first kappa shape index (κ1) is 11.9. The highest BCUT2D eigenvalue weighted by Gasteiger charge is 2.29. The minimum Gasteiger partial charge on any atom is -0.508 e. The van der Waals surface area contributed by atoms with Crippen molar-refractivity contribution in [1.29, 1.82) is 0 Å². The molecule has 1 aliphatic rings. The molecule has 0 aliphatic carbocycles. The van der Waals surface area contributed by atoms with Crippen LogP contribution in [0.4, 0.5) is 0 Å². The normalized spacial score (nSPS) is 23.6. The molecule has 2 rings (SSSR count). The van der Waals surface area contributed by atoms with E-state index >= 15 is 0 Å². The van der Waals surface area contributed by atoms with E-state index in [1.54, 1.807) is 12.1 Å². The van der Waals surface area contributed by atoms with E-state index in [2.05, 4.69) is 17.6 Å². The van der Waals surface area contributed by atoms with Crippen molar-refractivity contribution in [3.05, 3.63) is 29.8 Å². The van der Waals surface area contributed by atoms with Crippen LogP contribution in [0.1, 0.15) is 12.5 Å². The molecular weight excluding hydrogens is 216 g/mol. The summed E-state index contributed by atoms with van der Waals surface area (Å²) < 4.78 is 0. The van der Waals surface area contributed by atoms with Gasteiger partial charge in [0.1, 0.15) is 5.75 Å². The van der Waals surface area contributed by atoms with E-state index in [9.17, 15) is 4.79 Å². The molecule has 0 saturated carbocycles. The van der Waals surface area contributed by atoms with Crippen LogP contribution in [0, 0.1) is 11.8 Å². The number of nitrogens with one attached hydrogen (secondary N) is 2. The molecule has 1 aromatic rings. The van der Waals surface area contributed by atoms with Crippen molar-refractivity contribution in [1.82, 2.24) is 10.6 Å². The van der Waals surface area contributed by atoms with E-state index in [1.165, 1.54) is 0 Å². The Balaban J connectivity index is 1.85. The molecule has 0 spiro atoms. The van der Waals surface area contributed by atoms with Gasteiger partial charge in [-0.3, -0.25) is 4.79 Å². The zero-order chi connectivity index (χ0) is 12.3. The summed E-state index contributed by atoms with van der Waals surface area (Å²) in [5.74, 6) is 0.825. The van der Waals surface area contributed by atoms with Gasteiger partial charge in [-0.25, -0.2) is 0 Å². The van der Waals surface area contributed by atoms with Crippen molar-refractivity contribution in [2.24, 2.45) is 11.8 Å². The summed E-state index contributed by atoms with van der Waals surface area (Å²) in [6.45, 7) is 4.28. The van der Waals surface area contributed by atoms with Gasteiger partial charge in [0.05, 0.1) is 5.92 Å². The van der Waals surface area contributed by atoms with Crippen LogP contribution in [0.15, 0.2) is 24.3 Å². The van der Waals surface area contributed by atoms with Crippen LogP contribution in [-0.4, -0.2) is 24.1 Å². The predicted molar refractivity (Wildman–Crippen MR) is 65.5 cm³/mol. The molecule has 0 radical (unpaired) electrons. The van der Waals surface area contributed by atoms with Gasteiger partial charge >= 0.3 is 0 Å². The Kier molecular flexibility index (Phi) is 3.64. The number of hydrogen-bond donors (Lipinski definition) is 3. The van der Waals surface area contributed by atoms with Crippen LogP contribution in [-0.2, 0) is 11.3 Å². The molecule has 2 atom stereocenters. The van der Waals surface area contributed by atoms with Crippen molar-refractivity contribution in [2.75, 3.05) is 13.1 Å². The monoisotopic (exact) mass is 234 g/mol. The molecule has 1 aromatic carbocycles. The second-order valence-electron chi connectivity index (χ2n) is 4.63. The summed E-state index contributed by atoms with van der Waals surface area (Å²) in [5, 5.41) is 15.3. The van der Waals surface area contributed by atoms with E-state index in [-0.39, 0.29) is 17.6 Å². The largest absolute Gasteiger partial charge is 0.508 e. The Hall–Kier alpha value is -1.55. The minimum atomic E-state index is 0.0760. The van der Waals surface area contributed by atoms with Crippen LogP contribution < -0.4 is 10.6 Å². The van der Waals surface area contributed by atoms with Crippen molar-refractivity contribution >= 4 is 5.91 Å². The second-order valence-corrected chi connectivity index (χ2v) is 4.63. The van der Waals surface area contributed by atoms with Gasteiger partial charge in [0.2, 0.25) is 5.91 Å². The molecule has 1 saturated heterocycles. The molecule has 4 nitrogen and oxygen atoms in total. The van der Waals surface area contributed by atoms with Gasteiger partial charge in [-0.15, -0.1) is 0 Å². The maximum atomic E-state index is 11.9. The summed E-state index contributed by atoms with van der Waals surface area (Å²) in [7, 11) is 0. The number of amides is 1. The zero-order valence-electron chi connectivity index (χ0n) is 9.94. The summed E-state index contributed by atoms with van der Waals surface area (Å²) >= 11 is 0. The van der Waals surface area contributed by atoms with Crippen LogP contribution in [0.5, 0.6) is 5.75 Å². The number of benzene rings is 1. The smallest absolute Gasteiger partial charge is 0.224 e. The lowest BCUT2D eigenvalue weighted by molar-refractivity contribution is -0.125. The topological polar surface area (TPSA) is 61.4 Å². The highest BCUT2D eigenvalue weighted by Crippen LogP contribution is 2.16. The maximum absolute atomic E-state index is 11.9. The summed E-state index contributed by atoms with van der Waals surface area (Å²) in [5.41, 5.74) is 0.995. The molecule has 3 N–H and O–H groups in total. The number of carbonyl (C=O) groups excluding carboxylic acids is 1. The van der Waals surface area contributed by atoms with E-state index in [0.717, 1.165) is 18.7 Å². The molecular formula is C13H18N2O2. The molecule has 92 valence electrons. The van der Waals surface area contributed by atoms with Gasteiger partial charge in [0.25, 0.3) is 0 Å². The highest BCUT2D eigenvalue weighted by atomic mass is 16.3. The molecule has 0 unspecified atom stereocenters. The Morgan fingerprint density at radius 3 is 2.71 bits per heavy atom. The lowest BCUT2D eigenvalue weighted by Crippen LogP contribution is -2.33. The number of carbonyl (C=O) groups is 1. The Morgan fingerprint density at radius 2 is 2.12 bits per heavy atom. The van der Waals surface area contributed by atoms with Crippen LogP contribution >= 0.6 is 0 Å². The molecule has 1 amide bonds. The molecule has 1 heterocycles. The Morgan fingerprint density at radius 1 is 1.41 bits per heavy atom. The van der Waals surface area contributed by atoms with Gasteiger partial charge in [-0.1, -0.05) is 19.1 Å². The average Bonchev–Trinajstić information content (AvgIpc) is 2.74. The molecule has 1 fully saturated rings. The van der Waals surface area contributed by atoms with E-state index in [4.69, 9.17) is 5.11 Å². The third kappa shape index (κ3) is 2.97. The van der Waals surface area contributed by atoms with Crippen LogP contribution in [0.2, 0.25) is 0 Å². The number of phenols is 1. The standard InChI is InChI=1S/C13H18N2O2/c1-9-6-14-8-12(9)13(17)15-7-10-2-4-11(16)5-3-10/h2-5,9,12,14,16H,6-8H2,1H3,(H,15,17)/t9-,12-/m1/s1. The van der Waals surface area contributed by atoms with E-state index < -0.39 is 0 Å². The maximum Gasteiger partial charge on any atom is 0.224 e. The summed E-state index contributed by atoms with van der Waals surface area (Å²) in [6.07, 6.45) is 0. The van der Waals surface area contributed by atoms with Gasteiger partial charge < -0.3 is 15.7 Å². The molecule has 0 bridgehead atoms. The Labute approximate surface area is 101 Å². The molecule has 0 aromatic heterocycles. The van der Waals surface area contributed by atoms with Crippen molar-refractivity contribution in [2.45, 2.75) is 13.5 Å². The number of aromatic hydroxyl groups is 1. The van der Waals surface area contributed by atoms with Crippen molar-refractivity contribution in [3.8, 4) is 5.75 Å². The SMILES string of the molecule is C[C@@H]1CNC[C@H]1C(=O)NCc1ccc(O)cc1. The minimum absolute atomic E-state index is 0.0760. The number of phenolic OH excluding ortho intramolecular Hbond substituents is 1. The van der Waals surface area contributed by atoms with E-state index in [1.807, 2.05) is 12.1 Å². The fourth-order valence-electron chi connectivity index (χ4n) is 2.10. The summed E-state index contributed by atoms with van der Waals surface area (Å²) in [4.78, 5) is 11.9. The average molecular weight is 234 g/mol. The number of rotatable bonds is 3. The Bertz CT molecular complexity index is 389. The number of hydrogen-bond acceptors (Lipinski definition) is 3. The van der Waals surface area contributed by atoms with Crippen LogP contribution in [0.3, 0.4) is 0 Å². The lowest BCUT2D eigenvalue weighted by Gasteiger charge is -2.14. The predicted octanol–water partition coefficient (Wildman–Crippen LogP) is 0.864. The van der Waals surface area contributed by atoms with Crippen LogP contribution in [0.25, 0.3) is 0 Å². The first-order chi connectivity index (χ1) is 8.16. The molecule has 4 heteroatoms. The lowest BCUT2D eigenvalue weighted by atomic mass is 9.97. The quantitative estimate of drug-likeness (QED) is 0.727. The molecule has 17 heavy (non-hydrogen) atoms. The van der Waals surface area contributed by atoms with Gasteiger partial charge in [-0.2, -0.15) is 0 Å². The first-order valence-electron chi connectivity index (χ1n) is 5.93. The first-order valence-corrected chi connectivity index (χ1v) is 5.93. The second kappa shape index (κ2) is 5.19. The summed E-state index contributed by atoms with van der Waals surface area (Å²) in [6, 6.07) is 6.88. The zero-order valence-corrected chi connectivity index (χ0v) is 9.94. The van der Waals surface area contributed by atoms with Crippen molar-refractivity contribution < 1.29 is 9.90 Å².